The Labute approximate surface area is 145 Å². The quantitative estimate of drug-likeness (QED) is 0.769. The summed E-state index contributed by atoms with van der Waals surface area (Å²) >= 11 is 7.30. The van der Waals surface area contributed by atoms with Crippen molar-refractivity contribution in [1.82, 2.24) is 10.3 Å². The first-order valence-electron chi connectivity index (χ1n) is 7.29. The predicted octanol–water partition coefficient (Wildman–Crippen LogP) is 3.93. The average Bonchev–Trinajstić information content (AvgIpc) is 2.53. The molecular weight excluding hydrogens is 332 g/mol. The van der Waals surface area contributed by atoms with Crippen LogP contribution in [0.3, 0.4) is 0 Å². The van der Waals surface area contributed by atoms with E-state index in [9.17, 15) is 4.79 Å². The number of carbonyl (C=O) groups excluding carboxylic acids is 1. The number of nitrogens with zero attached hydrogens (tertiary/aromatic N) is 1. The van der Waals surface area contributed by atoms with Gasteiger partial charge in [0.05, 0.1) is 11.9 Å². The van der Waals surface area contributed by atoms with E-state index in [1.807, 2.05) is 50.2 Å². The Morgan fingerprint density at radius 2 is 2.00 bits per heavy atom. The largest absolute Gasteiger partial charge is 0.475 e. The number of ether oxygens (including phenoxy) is 1. The van der Waals surface area contributed by atoms with Gasteiger partial charge in [0.25, 0.3) is 0 Å². The summed E-state index contributed by atoms with van der Waals surface area (Å²) < 4.78 is 5.48. The molecule has 1 amide bonds. The third-order valence-corrected chi connectivity index (χ3v) is 4.09. The SMILES string of the molecule is CC(C)Oc1ccc(CNC(=O)CSc2ccc(Cl)cc2)cn1. The normalized spacial score (nSPS) is 10.6. The van der Waals surface area contributed by atoms with Crippen molar-refractivity contribution in [1.29, 1.82) is 0 Å². The molecular formula is C17H19ClN2O2S. The minimum Gasteiger partial charge on any atom is -0.475 e. The highest BCUT2D eigenvalue weighted by molar-refractivity contribution is 8.00. The Morgan fingerprint density at radius 3 is 2.61 bits per heavy atom. The lowest BCUT2D eigenvalue weighted by Crippen LogP contribution is -2.24. The Balaban J connectivity index is 1.74. The molecule has 0 aliphatic carbocycles. The minimum absolute atomic E-state index is 0.0209. The molecule has 0 spiro atoms. The number of amides is 1. The van der Waals surface area contributed by atoms with E-state index in [0.717, 1.165) is 10.5 Å². The topological polar surface area (TPSA) is 51.2 Å². The van der Waals surface area contributed by atoms with E-state index in [1.165, 1.54) is 11.8 Å². The van der Waals surface area contributed by atoms with Gasteiger partial charge in [0.15, 0.2) is 0 Å². The maximum absolute atomic E-state index is 11.9. The highest BCUT2D eigenvalue weighted by atomic mass is 35.5. The molecule has 23 heavy (non-hydrogen) atoms. The number of halogens is 1. The zero-order valence-corrected chi connectivity index (χ0v) is 14.7. The summed E-state index contributed by atoms with van der Waals surface area (Å²) in [5.41, 5.74) is 0.936. The maximum Gasteiger partial charge on any atom is 0.230 e. The standard InChI is InChI=1S/C17H19ClN2O2S/c1-12(2)22-17-8-3-13(10-20-17)9-19-16(21)11-23-15-6-4-14(18)5-7-15/h3-8,10,12H,9,11H2,1-2H3,(H,19,21). The number of aromatic nitrogens is 1. The van der Waals surface area contributed by atoms with Gasteiger partial charge in [-0.1, -0.05) is 17.7 Å². The van der Waals surface area contributed by atoms with Gasteiger partial charge in [-0.2, -0.15) is 0 Å². The molecule has 1 N–H and O–H groups in total. The summed E-state index contributed by atoms with van der Waals surface area (Å²) in [6, 6.07) is 11.1. The van der Waals surface area contributed by atoms with Crippen molar-refractivity contribution in [3.63, 3.8) is 0 Å². The molecule has 0 unspecified atom stereocenters. The molecule has 1 aromatic heterocycles. The predicted molar refractivity (Wildman–Crippen MR) is 94.0 cm³/mol. The Kier molecular flexibility index (Phi) is 6.74. The molecule has 122 valence electrons. The zero-order chi connectivity index (χ0) is 16.7. The van der Waals surface area contributed by atoms with E-state index in [2.05, 4.69) is 10.3 Å². The van der Waals surface area contributed by atoms with Gasteiger partial charge in [0.2, 0.25) is 11.8 Å². The van der Waals surface area contributed by atoms with E-state index in [1.54, 1.807) is 6.20 Å². The number of thioether (sulfide) groups is 1. The van der Waals surface area contributed by atoms with Gasteiger partial charge < -0.3 is 10.1 Å². The van der Waals surface area contributed by atoms with E-state index >= 15 is 0 Å². The lowest BCUT2D eigenvalue weighted by atomic mass is 10.3. The Bertz CT molecular complexity index is 630. The van der Waals surface area contributed by atoms with Crippen molar-refractivity contribution in [3.8, 4) is 5.88 Å². The molecule has 0 atom stereocenters. The van der Waals surface area contributed by atoms with Crippen molar-refractivity contribution < 1.29 is 9.53 Å². The summed E-state index contributed by atoms with van der Waals surface area (Å²) in [5, 5.41) is 3.57. The van der Waals surface area contributed by atoms with Crippen LogP contribution < -0.4 is 10.1 Å². The van der Waals surface area contributed by atoms with Crippen LogP contribution in [0.25, 0.3) is 0 Å². The first-order valence-corrected chi connectivity index (χ1v) is 8.66. The smallest absolute Gasteiger partial charge is 0.230 e. The van der Waals surface area contributed by atoms with Gasteiger partial charge in [0, 0.05) is 28.7 Å². The number of nitrogens with one attached hydrogen (secondary N) is 1. The second kappa shape index (κ2) is 8.79. The third-order valence-electron chi connectivity index (χ3n) is 2.83. The van der Waals surface area contributed by atoms with Crippen LogP contribution in [0.4, 0.5) is 0 Å². The van der Waals surface area contributed by atoms with E-state index in [4.69, 9.17) is 16.3 Å². The number of pyridine rings is 1. The van der Waals surface area contributed by atoms with Crippen LogP contribution in [0.5, 0.6) is 5.88 Å². The van der Waals surface area contributed by atoms with Crippen LogP contribution in [-0.4, -0.2) is 22.7 Å². The second-order valence-corrected chi connectivity index (χ2v) is 6.68. The maximum atomic E-state index is 11.9. The zero-order valence-electron chi connectivity index (χ0n) is 13.1. The lowest BCUT2D eigenvalue weighted by Gasteiger charge is -2.09. The van der Waals surface area contributed by atoms with Crippen LogP contribution in [0.2, 0.25) is 5.02 Å². The summed E-state index contributed by atoms with van der Waals surface area (Å²) in [5.74, 6) is 0.935. The van der Waals surface area contributed by atoms with Crippen molar-refractivity contribution >= 4 is 29.3 Å². The first-order chi connectivity index (χ1) is 11.0. The third kappa shape index (κ3) is 6.50. The summed E-state index contributed by atoms with van der Waals surface area (Å²) in [6.07, 6.45) is 1.81. The molecule has 6 heteroatoms. The van der Waals surface area contributed by atoms with Crippen LogP contribution >= 0.6 is 23.4 Å². The van der Waals surface area contributed by atoms with Gasteiger partial charge in [-0.25, -0.2) is 4.98 Å². The fraction of sp³-hybridized carbons (Fsp3) is 0.294. The van der Waals surface area contributed by atoms with Crippen LogP contribution in [-0.2, 0) is 11.3 Å². The first kappa shape index (κ1) is 17.6. The van der Waals surface area contributed by atoms with Crippen molar-refractivity contribution in [2.45, 2.75) is 31.4 Å². The van der Waals surface area contributed by atoms with Gasteiger partial charge in [-0.15, -0.1) is 11.8 Å². The average molecular weight is 351 g/mol. The van der Waals surface area contributed by atoms with E-state index in [-0.39, 0.29) is 12.0 Å². The number of hydrogen-bond acceptors (Lipinski definition) is 4. The van der Waals surface area contributed by atoms with Crippen LogP contribution in [0, 0.1) is 0 Å². The molecule has 1 heterocycles. The number of hydrogen-bond donors (Lipinski definition) is 1. The molecule has 4 nitrogen and oxygen atoms in total. The molecule has 0 bridgehead atoms. The highest BCUT2D eigenvalue weighted by Gasteiger charge is 2.04. The fourth-order valence-electron chi connectivity index (χ4n) is 1.76. The lowest BCUT2D eigenvalue weighted by molar-refractivity contribution is -0.118. The minimum atomic E-state index is -0.0209. The van der Waals surface area contributed by atoms with Crippen molar-refractivity contribution in [3.05, 3.63) is 53.2 Å². The number of rotatable bonds is 7. The molecule has 0 aliphatic heterocycles. The molecule has 0 aliphatic rings. The fourth-order valence-corrected chi connectivity index (χ4v) is 2.61. The van der Waals surface area contributed by atoms with Crippen LogP contribution in [0.1, 0.15) is 19.4 Å². The van der Waals surface area contributed by atoms with Crippen molar-refractivity contribution in [2.75, 3.05) is 5.75 Å². The van der Waals surface area contributed by atoms with Gasteiger partial charge >= 0.3 is 0 Å². The number of benzene rings is 1. The van der Waals surface area contributed by atoms with Crippen molar-refractivity contribution in [2.24, 2.45) is 0 Å². The summed E-state index contributed by atoms with van der Waals surface area (Å²) in [4.78, 5) is 17.1. The summed E-state index contributed by atoms with van der Waals surface area (Å²) in [6.45, 7) is 4.36. The molecule has 2 rings (SSSR count). The van der Waals surface area contributed by atoms with E-state index < -0.39 is 0 Å². The number of carbonyl (C=O) groups is 1. The molecule has 0 saturated heterocycles. The van der Waals surface area contributed by atoms with Gasteiger partial charge in [-0.05, 0) is 43.7 Å². The monoisotopic (exact) mass is 350 g/mol. The summed E-state index contributed by atoms with van der Waals surface area (Å²) in [7, 11) is 0. The molecule has 0 radical (unpaired) electrons. The Hall–Kier alpha value is -1.72. The van der Waals surface area contributed by atoms with Gasteiger partial charge in [-0.3, -0.25) is 4.79 Å². The molecule has 1 aromatic carbocycles. The highest BCUT2D eigenvalue weighted by Crippen LogP contribution is 2.20. The second-order valence-electron chi connectivity index (χ2n) is 5.19. The Morgan fingerprint density at radius 1 is 1.26 bits per heavy atom. The van der Waals surface area contributed by atoms with Gasteiger partial charge in [0.1, 0.15) is 0 Å². The molecule has 0 saturated carbocycles. The van der Waals surface area contributed by atoms with Crippen LogP contribution in [0.15, 0.2) is 47.5 Å². The molecule has 0 fully saturated rings. The molecule has 2 aromatic rings. The van der Waals surface area contributed by atoms with E-state index in [0.29, 0.717) is 23.2 Å².